The number of nitrogens with zero attached hydrogens (tertiary/aromatic N) is 4. The predicted octanol–water partition coefficient (Wildman–Crippen LogP) is 1.68. The molecule has 0 saturated carbocycles. The Kier molecular flexibility index (Phi) is 4.03. The van der Waals surface area contributed by atoms with Crippen molar-refractivity contribution in [3.8, 4) is 5.75 Å². The third kappa shape index (κ3) is 3.04. The zero-order valence-corrected chi connectivity index (χ0v) is 14.6. The summed E-state index contributed by atoms with van der Waals surface area (Å²) in [7, 11) is 3.89. The number of hydrogen-bond acceptors (Lipinski definition) is 5. The molecule has 0 unspecified atom stereocenters. The van der Waals surface area contributed by atoms with Gasteiger partial charge in [-0.05, 0) is 29.7 Å². The van der Waals surface area contributed by atoms with Crippen LogP contribution in [-0.4, -0.2) is 48.3 Å². The summed E-state index contributed by atoms with van der Waals surface area (Å²) in [6, 6.07) is 10.0. The number of carbonyl (C=O) groups is 1. The molecular weight excluding hydrogens is 316 g/mol. The summed E-state index contributed by atoms with van der Waals surface area (Å²) >= 11 is 0. The normalized spacial score (nSPS) is 18.8. The molecule has 4 rings (SSSR count). The zero-order chi connectivity index (χ0) is 17.4. The third-order valence-electron chi connectivity index (χ3n) is 4.92. The number of aromatic nitrogens is 2. The molecule has 0 aliphatic carbocycles. The van der Waals surface area contributed by atoms with Gasteiger partial charge < -0.3 is 14.5 Å². The van der Waals surface area contributed by atoms with Crippen LogP contribution in [-0.2, 0) is 24.2 Å². The van der Waals surface area contributed by atoms with Gasteiger partial charge in [-0.2, -0.15) is 5.10 Å². The van der Waals surface area contributed by atoms with Crippen molar-refractivity contribution in [3.63, 3.8) is 0 Å². The molecule has 0 saturated heterocycles. The minimum absolute atomic E-state index is 0.112. The minimum atomic E-state index is -0.112. The third-order valence-corrected chi connectivity index (χ3v) is 4.92. The van der Waals surface area contributed by atoms with Crippen LogP contribution in [0.4, 0.5) is 5.82 Å². The molecule has 1 atom stereocenters. The van der Waals surface area contributed by atoms with Crippen LogP contribution in [0.2, 0.25) is 0 Å². The van der Waals surface area contributed by atoms with Gasteiger partial charge in [-0.25, -0.2) is 0 Å². The first-order valence-electron chi connectivity index (χ1n) is 8.64. The summed E-state index contributed by atoms with van der Waals surface area (Å²) < 4.78 is 5.79. The molecular formula is C19H22N4O2. The van der Waals surface area contributed by atoms with Crippen molar-refractivity contribution in [2.45, 2.75) is 19.4 Å². The average molecular weight is 338 g/mol. The Morgan fingerprint density at radius 2 is 2.08 bits per heavy atom. The van der Waals surface area contributed by atoms with Gasteiger partial charge in [-0.15, -0.1) is 5.10 Å². The summed E-state index contributed by atoms with van der Waals surface area (Å²) in [6.45, 7) is 1.75. The lowest BCUT2D eigenvalue weighted by Gasteiger charge is -2.33. The molecule has 0 fully saturated rings. The van der Waals surface area contributed by atoms with Gasteiger partial charge in [0.05, 0.1) is 11.6 Å². The van der Waals surface area contributed by atoms with Crippen molar-refractivity contribution in [2.75, 3.05) is 32.1 Å². The maximum Gasteiger partial charge on any atom is 0.229 e. The van der Waals surface area contributed by atoms with Crippen molar-refractivity contribution >= 4 is 11.7 Å². The molecule has 25 heavy (non-hydrogen) atoms. The maximum absolute atomic E-state index is 13.0. The highest BCUT2D eigenvalue weighted by Gasteiger charge is 2.31. The molecule has 0 radical (unpaired) electrons. The largest absolute Gasteiger partial charge is 0.492 e. The molecule has 3 heterocycles. The first-order chi connectivity index (χ1) is 12.1. The summed E-state index contributed by atoms with van der Waals surface area (Å²) in [5.41, 5.74) is 3.21. The lowest BCUT2D eigenvalue weighted by atomic mass is 9.94. The Morgan fingerprint density at radius 3 is 2.92 bits per heavy atom. The number of benzene rings is 1. The van der Waals surface area contributed by atoms with E-state index in [9.17, 15) is 4.79 Å². The number of amides is 1. The Labute approximate surface area is 147 Å². The topological polar surface area (TPSA) is 58.6 Å². The number of ether oxygens (including phenoxy) is 1. The van der Waals surface area contributed by atoms with E-state index in [-0.39, 0.29) is 11.8 Å². The van der Waals surface area contributed by atoms with Crippen LogP contribution in [0.25, 0.3) is 0 Å². The van der Waals surface area contributed by atoms with Gasteiger partial charge in [-0.3, -0.25) is 4.79 Å². The molecule has 1 amide bonds. The second-order valence-corrected chi connectivity index (χ2v) is 6.90. The summed E-state index contributed by atoms with van der Waals surface area (Å²) in [4.78, 5) is 16.9. The summed E-state index contributed by atoms with van der Waals surface area (Å²) in [5, 5.41) is 8.55. The molecule has 0 N–H and O–H groups in total. The van der Waals surface area contributed by atoms with Crippen LogP contribution in [0.15, 0.2) is 30.3 Å². The smallest absolute Gasteiger partial charge is 0.229 e. The van der Waals surface area contributed by atoms with E-state index in [0.29, 0.717) is 19.7 Å². The zero-order valence-electron chi connectivity index (χ0n) is 14.6. The number of rotatable bonds is 2. The Bertz CT molecular complexity index is 806. The summed E-state index contributed by atoms with van der Waals surface area (Å²) in [6.07, 6.45) is 1.50. The first-order valence-corrected chi connectivity index (χ1v) is 8.64. The molecule has 2 aliphatic rings. The number of anilines is 1. The SMILES string of the molecule is CN(C)c1cc2c(nn1)CCN(C(=O)[C@H]1COc3ccccc3C1)C2. The van der Waals surface area contributed by atoms with Gasteiger partial charge in [0, 0.05) is 33.6 Å². The van der Waals surface area contributed by atoms with Gasteiger partial charge in [0.15, 0.2) is 5.82 Å². The Morgan fingerprint density at radius 1 is 1.24 bits per heavy atom. The van der Waals surface area contributed by atoms with E-state index < -0.39 is 0 Å². The molecule has 1 aromatic carbocycles. The van der Waals surface area contributed by atoms with Gasteiger partial charge in [-0.1, -0.05) is 18.2 Å². The fraction of sp³-hybridized carbons (Fsp3) is 0.421. The van der Waals surface area contributed by atoms with Crippen LogP contribution in [0, 0.1) is 5.92 Å². The Hall–Kier alpha value is -2.63. The number of fused-ring (bicyclic) bond motifs is 2. The van der Waals surface area contributed by atoms with Crippen molar-refractivity contribution in [1.29, 1.82) is 0 Å². The lowest BCUT2D eigenvalue weighted by Crippen LogP contribution is -2.43. The predicted molar refractivity (Wildman–Crippen MR) is 94.6 cm³/mol. The average Bonchev–Trinajstić information content (AvgIpc) is 2.66. The van der Waals surface area contributed by atoms with E-state index in [1.807, 2.05) is 54.2 Å². The van der Waals surface area contributed by atoms with Crippen molar-refractivity contribution in [3.05, 3.63) is 47.2 Å². The minimum Gasteiger partial charge on any atom is -0.492 e. The van der Waals surface area contributed by atoms with E-state index in [4.69, 9.17) is 4.74 Å². The van der Waals surface area contributed by atoms with E-state index in [2.05, 4.69) is 10.2 Å². The van der Waals surface area contributed by atoms with Crippen LogP contribution >= 0.6 is 0 Å². The Balaban J connectivity index is 1.50. The summed E-state index contributed by atoms with van der Waals surface area (Å²) in [5.74, 6) is 1.78. The van der Waals surface area contributed by atoms with Gasteiger partial charge in [0.1, 0.15) is 12.4 Å². The van der Waals surface area contributed by atoms with Crippen molar-refractivity contribution in [1.82, 2.24) is 15.1 Å². The number of para-hydroxylation sites is 1. The van der Waals surface area contributed by atoms with E-state index in [1.54, 1.807) is 0 Å². The second kappa shape index (κ2) is 6.35. The fourth-order valence-corrected chi connectivity index (χ4v) is 3.47. The molecule has 2 aromatic rings. The van der Waals surface area contributed by atoms with Gasteiger partial charge in [0.25, 0.3) is 0 Å². The second-order valence-electron chi connectivity index (χ2n) is 6.90. The van der Waals surface area contributed by atoms with E-state index >= 15 is 0 Å². The molecule has 0 spiro atoms. The monoisotopic (exact) mass is 338 g/mol. The molecule has 2 aliphatic heterocycles. The van der Waals surface area contributed by atoms with Crippen molar-refractivity contribution < 1.29 is 9.53 Å². The molecule has 6 heteroatoms. The molecule has 130 valence electrons. The highest BCUT2D eigenvalue weighted by Crippen LogP contribution is 2.29. The fourth-order valence-electron chi connectivity index (χ4n) is 3.47. The first kappa shape index (κ1) is 15.9. The quantitative estimate of drug-likeness (QED) is 0.834. The highest BCUT2D eigenvalue weighted by atomic mass is 16.5. The van der Waals surface area contributed by atoms with Gasteiger partial charge in [0.2, 0.25) is 5.91 Å². The molecule has 1 aromatic heterocycles. The van der Waals surface area contributed by atoms with Crippen LogP contribution < -0.4 is 9.64 Å². The highest BCUT2D eigenvalue weighted by molar-refractivity contribution is 5.80. The maximum atomic E-state index is 13.0. The van der Waals surface area contributed by atoms with E-state index in [0.717, 1.165) is 41.2 Å². The number of carbonyl (C=O) groups excluding carboxylic acids is 1. The van der Waals surface area contributed by atoms with Crippen LogP contribution in [0.1, 0.15) is 16.8 Å². The van der Waals surface area contributed by atoms with Crippen LogP contribution in [0.5, 0.6) is 5.75 Å². The molecule has 0 bridgehead atoms. The van der Waals surface area contributed by atoms with Gasteiger partial charge >= 0.3 is 0 Å². The standard InChI is InChI=1S/C19H22N4O2/c1-22(2)18-10-14-11-23(8-7-16(14)20-21-18)19(24)15-9-13-5-3-4-6-17(13)25-12-15/h3-6,10,15H,7-9,11-12H2,1-2H3/t15-/m1/s1. The van der Waals surface area contributed by atoms with Crippen molar-refractivity contribution in [2.24, 2.45) is 5.92 Å². The lowest BCUT2D eigenvalue weighted by molar-refractivity contribution is -0.137. The number of hydrogen-bond donors (Lipinski definition) is 0. The molecule has 6 nitrogen and oxygen atoms in total. The van der Waals surface area contributed by atoms with Crippen LogP contribution in [0.3, 0.4) is 0 Å². The van der Waals surface area contributed by atoms with E-state index in [1.165, 1.54) is 0 Å².